The molecule has 0 saturated carbocycles. The molecule has 1 N–H and O–H groups in total. The Kier molecular flexibility index (Phi) is 8.11. The van der Waals surface area contributed by atoms with E-state index in [1.807, 2.05) is 25.1 Å². The third-order valence-electron chi connectivity index (χ3n) is 2.71. The van der Waals surface area contributed by atoms with Crippen LogP contribution in [0.3, 0.4) is 0 Å². The predicted molar refractivity (Wildman–Crippen MR) is 81.7 cm³/mol. The fourth-order valence-electron chi connectivity index (χ4n) is 1.64. The predicted octanol–water partition coefficient (Wildman–Crippen LogP) is 2.95. The van der Waals surface area contributed by atoms with E-state index in [1.54, 1.807) is 14.2 Å². The van der Waals surface area contributed by atoms with Crippen LogP contribution in [-0.4, -0.2) is 34.0 Å². The molecule has 0 fully saturated rings. The van der Waals surface area contributed by atoms with Gasteiger partial charge in [-0.25, -0.2) is 0 Å². The summed E-state index contributed by atoms with van der Waals surface area (Å²) in [5.41, 5.74) is 3.52. The molecule has 0 aliphatic rings. The highest BCUT2D eigenvalue weighted by Crippen LogP contribution is 2.31. The van der Waals surface area contributed by atoms with Crippen LogP contribution in [0.4, 0.5) is 0 Å². The summed E-state index contributed by atoms with van der Waals surface area (Å²) in [4.78, 5) is 0. The number of rotatable bonds is 9. The molecule has 0 saturated heterocycles. The Balaban J connectivity index is 2.75. The Labute approximate surface area is 125 Å². The van der Waals surface area contributed by atoms with Crippen molar-refractivity contribution in [2.24, 2.45) is 0 Å². The van der Waals surface area contributed by atoms with Crippen LogP contribution in [0.25, 0.3) is 0 Å². The number of hydrogen-bond acceptors (Lipinski definition) is 4. The zero-order valence-corrected chi connectivity index (χ0v) is 13.0. The molecule has 1 rings (SSSR count). The Morgan fingerprint density at radius 3 is 2.80 bits per heavy atom. The number of para-hydroxylation sites is 1. The summed E-state index contributed by atoms with van der Waals surface area (Å²) < 4.78 is 16.2. The first kappa shape index (κ1) is 16.8. The molecule has 0 aliphatic heterocycles. The lowest BCUT2D eigenvalue weighted by Crippen LogP contribution is -2.19. The highest BCUT2D eigenvalue weighted by molar-refractivity contribution is 6.25. The van der Waals surface area contributed by atoms with Gasteiger partial charge in [-0.1, -0.05) is 23.7 Å². The number of nitrogens with one attached hydrogen (secondary N) is 1. The molecule has 0 amide bonds. The molecule has 0 bridgehead atoms. The lowest BCUT2D eigenvalue weighted by molar-refractivity contribution is 0.199. The second-order valence-electron chi connectivity index (χ2n) is 4.36. The van der Waals surface area contributed by atoms with Crippen molar-refractivity contribution in [3.05, 3.63) is 34.9 Å². The van der Waals surface area contributed by atoms with Gasteiger partial charge in [-0.05, 0) is 18.6 Å². The van der Waals surface area contributed by atoms with E-state index in [0.717, 1.165) is 29.2 Å². The van der Waals surface area contributed by atoms with Gasteiger partial charge in [0, 0.05) is 31.3 Å². The van der Waals surface area contributed by atoms with Gasteiger partial charge in [0.1, 0.15) is 6.61 Å². The maximum Gasteiger partial charge on any atom is 0.166 e. The molecule has 0 unspecified atom stereocenters. The molecule has 5 heteroatoms. The third kappa shape index (κ3) is 5.41. The minimum absolute atomic E-state index is 0.439. The van der Waals surface area contributed by atoms with Gasteiger partial charge in [-0.3, -0.25) is 0 Å². The van der Waals surface area contributed by atoms with E-state index in [2.05, 4.69) is 5.32 Å². The van der Waals surface area contributed by atoms with E-state index in [0.29, 0.717) is 19.8 Å². The summed E-state index contributed by atoms with van der Waals surface area (Å²) in [7, 11) is 3.32. The van der Waals surface area contributed by atoms with Crippen LogP contribution in [0.1, 0.15) is 12.5 Å². The van der Waals surface area contributed by atoms with E-state index < -0.39 is 0 Å². The van der Waals surface area contributed by atoms with Crippen LogP contribution in [0, 0.1) is 0 Å². The zero-order valence-electron chi connectivity index (χ0n) is 12.2. The Bertz CT molecular complexity index is 435. The number of hydrogen-bond donors (Lipinski definition) is 1. The van der Waals surface area contributed by atoms with Crippen LogP contribution >= 0.6 is 11.6 Å². The first-order chi connectivity index (χ1) is 9.72. The van der Waals surface area contributed by atoms with Gasteiger partial charge in [0.05, 0.1) is 13.7 Å². The molecule has 1 aromatic carbocycles. The molecule has 0 spiro atoms. The molecule has 0 radical (unpaired) electrons. The van der Waals surface area contributed by atoms with Crippen molar-refractivity contribution in [3.8, 4) is 11.5 Å². The molecule has 4 nitrogen and oxygen atoms in total. The molecule has 112 valence electrons. The normalized spacial score (nSPS) is 11.5. The zero-order chi connectivity index (χ0) is 14.8. The average molecular weight is 300 g/mol. The molecule has 0 aromatic heterocycles. The van der Waals surface area contributed by atoms with Crippen molar-refractivity contribution in [2.75, 3.05) is 34.0 Å². The molecule has 20 heavy (non-hydrogen) atoms. The summed E-state index contributed by atoms with van der Waals surface area (Å²) >= 11 is 5.65. The molecular formula is C15H22ClNO3. The van der Waals surface area contributed by atoms with E-state index in [9.17, 15) is 0 Å². The molecule has 0 atom stereocenters. The van der Waals surface area contributed by atoms with E-state index >= 15 is 0 Å². The van der Waals surface area contributed by atoms with Crippen LogP contribution in [-0.2, 0) is 11.3 Å². The van der Waals surface area contributed by atoms with Gasteiger partial charge in [0.15, 0.2) is 11.5 Å². The molecular weight excluding hydrogens is 278 g/mol. The summed E-state index contributed by atoms with van der Waals surface area (Å²) in [6.07, 6.45) is 0. The third-order valence-corrected chi connectivity index (χ3v) is 3.08. The monoisotopic (exact) mass is 299 g/mol. The standard InChI is InChI=1S/C15H22ClNO3/c1-12(9-16)11-20-15-13(10-17-7-8-18-2)5-4-6-14(15)19-3/h4-6,9,17H,7-8,10-11H2,1-3H3/b12-9+. The number of ether oxygens (including phenoxy) is 3. The Morgan fingerprint density at radius 2 is 2.15 bits per heavy atom. The highest BCUT2D eigenvalue weighted by Gasteiger charge is 2.10. The summed E-state index contributed by atoms with van der Waals surface area (Å²) in [6, 6.07) is 5.84. The smallest absolute Gasteiger partial charge is 0.166 e. The van der Waals surface area contributed by atoms with Gasteiger partial charge in [-0.2, -0.15) is 0 Å². The maximum absolute atomic E-state index is 5.82. The Morgan fingerprint density at radius 1 is 1.35 bits per heavy atom. The van der Waals surface area contributed by atoms with Gasteiger partial charge in [0.25, 0.3) is 0 Å². The van der Waals surface area contributed by atoms with Crippen LogP contribution < -0.4 is 14.8 Å². The first-order valence-electron chi connectivity index (χ1n) is 6.47. The summed E-state index contributed by atoms with van der Waals surface area (Å²) in [5, 5.41) is 3.29. The average Bonchev–Trinajstić information content (AvgIpc) is 2.49. The van der Waals surface area contributed by atoms with Gasteiger partial charge < -0.3 is 19.5 Å². The number of halogens is 1. The second kappa shape index (κ2) is 9.64. The van der Waals surface area contributed by atoms with E-state index in [-0.39, 0.29) is 0 Å². The van der Waals surface area contributed by atoms with Gasteiger partial charge >= 0.3 is 0 Å². The van der Waals surface area contributed by atoms with Gasteiger partial charge in [0.2, 0.25) is 0 Å². The van der Waals surface area contributed by atoms with Crippen LogP contribution in [0.15, 0.2) is 29.3 Å². The largest absolute Gasteiger partial charge is 0.493 e. The summed E-state index contributed by atoms with van der Waals surface area (Å²) in [6.45, 7) is 4.51. The van der Waals surface area contributed by atoms with Crippen molar-refractivity contribution in [2.45, 2.75) is 13.5 Å². The number of benzene rings is 1. The molecule has 0 aliphatic carbocycles. The highest BCUT2D eigenvalue weighted by atomic mass is 35.5. The fourth-order valence-corrected chi connectivity index (χ4v) is 1.70. The van der Waals surface area contributed by atoms with Gasteiger partial charge in [-0.15, -0.1) is 0 Å². The number of methoxy groups -OCH3 is 2. The van der Waals surface area contributed by atoms with Crippen molar-refractivity contribution >= 4 is 11.6 Å². The molecule has 0 heterocycles. The SMILES string of the molecule is COCCNCc1cccc(OC)c1OC/C(C)=C/Cl. The topological polar surface area (TPSA) is 39.7 Å². The van der Waals surface area contributed by atoms with Crippen LogP contribution in [0.2, 0.25) is 0 Å². The lowest BCUT2D eigenvalue weighted by Gasteiger charge is -2.15. The Hall–Kier alpha value is -1.23. The molecule has 1 aromatic rings. The lowest BCUT2D eigenvalue weighted by atomic mass is 10.2. The quantitative estimate of drug-likeness (QED) is 0.712. The van der Waals surface area contributed by atoms with E-state index in [1.165, 1.54) is 5.54 Å². The van der Waals surface area contributed by atoms with Crippen molar-refractivity contribution in [1.29, 1.82) is 0 Å². The van der Waals surface area contributed by atoms with Crippen molar-refractivity contribution in [1.82, 2.24) is 5.32 Å². The minimum Gasteiger partial charge on any atom is -0.493 e. The van der Waals surface area contributed by atoms with Crippen LogP contribution in [0.5, 0.6) is 11.5 Å². The first-order valence-corrected chi connectivity index (χ1v) is 6.90. The maximum atomic E-state index is 5.82. The van der Waals surface area contributed by atoms with E-state index in [4.69, 9.17) is 25.8 Å². The van der Waals surface area contributed by atoms with Crippen molar-refractivity contribution in [3.63, 3.8) is 0 Å². The summed E-state index contributed by atoms with van der Waals surface area (Å²) in [5.74, 6) is 1.47. The van der Waals surface area contributed by atoms with Crippen molar-refractivity contribution < 1.29 is 14.2 Å². The second-order valence-corrected chi connectivity index (χ2v) is 4.58. The fraction of sp³-hybridized carbons (Fsp3) is 0.467. The minimum atomic E-state index is 0.439.